The molecule has 1 fully saturated rings. The SMILES string of the molecule is O=C(ON1C(=O)CCC1=O)c1ccc(OCCOCCOCCN2C(=O)C=CC2=O)cc1. The normalized spacial score (nSPS) is 15.8. The van der Waals surface area contributed by atoms with Gasteiger partial charge in [-0.3, -0.25) is 24.1 Å². The monoisotopic (exact) mass is 446 g/mol. The third-order valence-corrected chi connectivity index (χ3v) is 4.50. The zero-order chi connectivity index (χ0) is 22.9. The fraction of sp³-hybridized carbons (Fsp3) is 0.381. The van der Waals surface area contributed by atoms with E-state index < -0.39 is 17.8 Å². The van der Waals surface area contributed by atoms with Gasteiger partial charge in [-0.1, -0.05) is 0 Å². The van der Waals surface area contributed by atoms with Gasteiger partial charge in [0.15, 0.2) is 0 Å². The van der Waals surface area contributed by atoms with E-state index in [1.165, 1.54) is 24.3 Å². The van der Waals surface area contributed by atoms with Crippen molar-refractivity contribution in [3.8, 4) is 5.75 Å². The molecule has 0 aliphatic carbocycles. The molecule has 0 atom stereocenters. The number of hydroxylamine groups is 2. The van der Waals surface area contributed by atoms with Crippen molar-refractivity contribution < 1.29 is 43.0 Å². The number of hydrogen-bond donors (Lipinski definition) is 0. The number of carbonyl (C=O) groups excluding carboxylic acids is 5. The summed E-state index contributed by atoms with van der Waals surface area (Å²) in [6.07, 6.45) is 2.52. The second-order valence-corrected chi connectivity index (χ2v) is 6.72. The number of carbonyl (C=O) groups is 5. The summed E-state index contributed by atoms with van der Waals surface area (Å²) < 4.78 is 16.2. The van der Waals surface area contributed by atoms with E-state index in [2.05, 4.69) is 0 Å². The van der Waals surface area contributed by atoms with Crippen molar-refractivity contribution in [2.75, 3.05) is 39.6 Å². The van der Waals surface area contributed by atoms with E-state index in [0.717, 1.165) is 4.90 Å². The first-order valence-electron chi connectivity index (χ1n) is 9.95. The number of ether oxygens (including phenoxy) is 3. The van der Waals surface area contributed by atoms with Gasteiger partial charge in [-0.25, -0.2) is 4.79 Å². The Balaban J connectivity index is 1.24. The van der Waals surface area contributed by atoms with Crippen LogP contribution in [-0.4, -0.2) is 79.1 Å². The van der Waals surface area contributed by atoms with Gasteiger partial charge in [0.1, 0.15) is 12.4 Å². The molecule has 1 saturated heterocycles. The summed E-state index contributed by atoms with van der Waals surface area (Å²) in [7, 11) is 0. The minimum atomic E-state index is -0.807. The van der Waals surface area contributed by atoms with Crippen molar-refractivity contribution >= 4 is 29.6 Å². The van der Waals surface area contributed by atoms with Gasteiger partial charge in [-0.2, -0.15) is 0 Å². The molecule has 1 aromatic rings. The van der Waals surface area contributed by atoms with Gasteiger partial charge in [-0.15, -0.1) is 5.06 Å². The predicted octanol–water partition coefficient (Wildman–Crippen LogP) is 0.244. The van der Waals surface area contributed by atoms with Crippen molar-refractivity contribution in [3.63, 3.8) is 0 Å². The number of rotatable bonds is 12. The Morgan fingerprint density at radius 2 is 1.34 bits per heavy atom. The molecule has 11 heteroatoms. The van der Waals surface area contributed by atoms with E-state index >= 15 is 0 Å². The molecule has 2 aliphatic heterocycles. The summed E-state index contributed by atoms with van der Waals surface area (Å²) in [4.78, 5) is 63.7. The Bertz CT molecular complexity index is 876. The van der Waals surface area contributed by atoms with Crippen LogP contribution in [0.4, 0.5) is 0 Å². The molecular formula is C21H22N2O9. The highest BCUT2D eigenvalue weighted by Crippen LogP contribution is 2.16. The van der Waals surface area contributed by atoms with Crippen molar-refractivity contribution in [3.05, 3.63) is 42.0 Å². The topological polar surface area (TPSA) is 129 Å². The van der Waals surface area contributed by atoms with Gasteiger partial charge >= 0.3 is 5.97 Å². The van der Waals surface area contributed by atoms with Gasteiger partial charge in [0.2, 0.25) is 0 Å². The Morgan fingerprint density at radius 3 is 1.97 bits per heavy atom. The summed E-state index contributed by atoms with van der Waals surface area (Å²) >= 11 is 0. The van der Waals surface area contributed by atoms with Crippen LogP contribution in [0.1, 0.15) is 23.2 Å². The van der Waals surface area contributed by atoms with Gasteiger partial charge in [0, 0.05) is 25.0 Å². The average Bonchev–Trinajstić information content (AvgIpc) is 3.28. The number of imide groups is 2. The quantitative estimate of drug-likeness (QED) is 0.328. The third kappa shape index (κ3) is 6.22. The summed E-state index contributed by atoms with van der Waals surface area (Å²) in [5.74, 6) is -2.06. The minimum Gasteiger partial charge on any atom is -0.491 e. The number of benzene rings is 1. The maximum atomic E-state index is 12.0. The molecule has 0 aromatic heterocycles. The van der Waals surface area contributed by atoms with Crippen molar-refractivity contribution in [1.82, 2.24) is 9.96 Å². The van der Waals surface area contributed by atoms with Crippen LogP contribution in [0.3, 0.4) is 0 Å². The highest BCUT2D eigenvalue weighted by molar-refractivity contribution is 6.12. The lowest BCUT2D eigenvalue weighted by atomic mass is 10.2. The molecule has 170 valence electrons. The van der Waals surface area contributed by atoms with E-state index in [1.807, 2.05) is 0 Å². The molecule has 32 heavy (non-hydrogen) atoms. The van der Waals surface area contributed by atoms with E-state index in [0.29, 0.717) is 30.6 Å². The molecule has 0 unspecified atom stereocenters. The van der Waals surface area contributed by atoms with Crippen molar-refractivity contribution in [1.29, 1.82) is 0 Å². The number of amides is 4. The zero-order valence-corrected chi connectivity index (χ0v) is 17.2. The molecule has 0 bridgehead atoms. The fourth-order valence-corrected chi connectivity index (χ4v) is 2.83. The highest BCUT2D eigenvalue weighted by Gasteiger charge is 2.33. The molecule has 2 aliphatic rings. The summed E-state index contributed by atoms with van der Waals surface area (Å²) in [5.41, 5.74) is 0.173. The highest BCUT2D eigenvalue weighted by atomic mass is 16.7. The van der Waals surface area contributed by atoms with Gasteiger partial charge < -0.3 is 19.0 Å². The van der Waals surface area contributed by atoms with E-state index in [4.69, 9.17) is 19.0 Å². The van der Waals surface area contributed by atoms with Gasteiger partial charge in [0.05, 0.1) is 38.5 Å². The third-order valence-electron chi connectivity index (χ3n) is 4.50. The summed E-state index contributed by atoms with van der Waals surface area (Å²) in [5, 5.41) is 0.496. The van der Waals surface area contributed by atoms with Crippen LogP contribution in [0.25, 0.3) is 0 Å². The second kappa shape index (κ2) is 11.2. The lowest BCUT2D eigenvalue weighted by Crippen LogP contribution is -2.33. The van der Waals surface area contributed by atoms with Crippen molar-refractivity contribution in [2.45, 2.75) is 12.8 Å². The standard InChI is InChI=1S/C21H22N2O9/c24-17-5-6-18(25)22(17)9-10-29-11-12-30-13-14-31-16-3-1-15(2-4-16)21(28)32-23-19(26)7-8-20(23)27/h1-6H,7-14H2. The Labute approximate surface area is 183 Å². The molecule has 0 N–H and O–H groups in total. The van der Waals surface area contributed by atoms with E-state index in [9.17, 15) is 24.0 Å². The fourth-order valence-electron chi connectivity index (χ4n) is 2.83. The largest absolute Gasteiger partial charge is 0.491 e. The maximum Gasteiger partial charge on any atom is 0.363 e. The molecule has 0 spiro atoms. The molecule has 0 radical (unpaired) electrons. The average molecular weight is 446 g/mol. The van der Waals surface area contributed by atoms with Crippen molar-refractivity contribution in [2.24, 2.45) is 0 Å². The molecule has 3 rings (SSSR count). The minimum absolute atomic E-state index is 0.0332. The lowest BCUT2D eigenvalue weighted by molar-refractivity contribution is -0.172. The molecule has 0 saturated carbocycles. The van der Waals surface area contributed by atoms with Crippen LogP contribution in [0.2, 0.25) is 0 Å². The maximum absolute atomic E-state index is 12.0. The predicted molar refractivity (Wildman–Crippen MR) is 106 cm³/mol. The molecule has 1 aromatic carbocycles. The first-order chi connectivity index (χ1) is 15.5. The summed E-state index contributed by atoms with van der Waals surface area (Å²) in [6, 6.07) is 6.04. The first kappa shape index (κ1) is 23.1. The lowest BCUT2D eigenvalue weighted by Gasteiger charge is -2.13. The Morgan fingerprint density at radius 1 is 0.781 bits per heavy atom. The van der Waals surface area contributed by atoms with Crippen LogP contribution in [-0.2, 0) is 33.5 Å². The summed E-state index contributed by atoms with van der Waals surface area (Å²) in [6.45, 7) is 1.63. The molecular weight excluding hydrogens is 424 g/mol. The van der Waals surface area contributed by atoms with Gasteiger partial charge in [-0.05, 0) is 24.3 Å². The van der Waals surface area contributed by atoms with Crippen LogP contribution >= 0.6 is 0 Å². The number of hydrogen-bond acceptors (Lipinski definition) is 9. The van der Waals surface area contributed by atoms with E-state index in [1.54, 1.807) is 12.1 Å². The molecule has 2 heterocycles. The molecule has 11 nitrogen and oxygen atoms in total. The second-order valence-electron chi connectivity index (χ2n) is 6.72. The molecule has 4 amide bonds. The van der Waals surface area contributed by atoms with E-state index in [-0.39, 0.29) is 50.0 Å². The van der Waals surface area contributed by atoms with Crippen LogP contribution in [0.5, 0.6) is 5.75 Å². The smallest absolute Gasteiger partial charge is 0.363 e. The van der Waals surface area contributed by atoms with Crippen LogP contribution in [0.15, 0.2) is 36.4 Å². The van der Waals surface area contributed by atoms with Gasteiger partial charge in [0.25, 0.3) is 23.6 Å². The number of nitrogens with zero attached hydrogens (tertiary/aromatic N) is 2. The Kier molecular flexibility index (Phi) is 8.06. The van der Waals surface area contributed by atoms with Crippen LogP contribution < -0.4 is 4.74 Å². The Hall–Kier alpha value is -3.57. The first-order valence-corrected chi connectivity index (χ1v) is 9.95. The zero-order valence-electron chi connectivity index (χ0n) is 17.2. The van der Waals surface area contributed by atoms with Crippen LogP contribution in [0, 0.1) is 0 Å².